The Hall–Kier alpha value is -1.96. The van der Waals surface area contributed by atoms with Gasteiger partial charge < -0.3 is 19.9 Å². The van der Waals surface area contributed by atoms with Crippen LogP contribution in [0.25, 0.3) is 0 Å². The Bertz CT molecular complexity index is 623. The van der Waals surface area contributed by atoms with Crippen molar-refractivity contribution in [2.45, 2.75) is 25.1 Å². The SMILES string of the molecule is CN1CC[C@@H]2CCN(C(=O)Nc3ccccc3OCC(F)(F)F)[C@@H]2C1. The number of nitrogens with one attached hydrogen (secondary N) is 1. The molecule has 0 aromatic heterocycles. The summed E-state index contributed by atoms with van der Waals surface area (Å²) in [5, 5.41) is 2.71. The van der Waals surface area contributed by atoms with Crippen molar-refractivity contribution in [1.29, 1.82) is 0 Å². The number of carbonyl (C=O) groups excluding carboxylic acids is 1. The molecule has 1 aromatic rings. The summed E-state index contributed by atoms with van der Waals surface area (Å²) >= 11 is 0. The summed E-state index contributed by atoms with van der Waals surface area (Å²) < 4.78 is 42.0. The number of likely N-dealkylation sites (tertiary alicyclic amines) is 2. The molecule has 0 spiro atoms. The van der Waals surface area contributed by atoms with E-state index in [2.05, 4.69) is 10.2 Å². The molecule has 2 heterocycles. The third-order valence-corrected chi connectivity index (χ3v) is 4.85. The van der Waals surface area contributed by atoms with Gasteiger partial charge >= 0.3 is 12.2 Å². The number of ether oxygens (including phenoxy) is 1. The highest BCUT2D eigenvalue weighted by Crippen LogP contribution is 2.32. The second-order valence-electron chi connectivity index (χ2n) is 6.69. The van der Waals surface area contributed by atoms with Gasteiger partial charge in [-0.25, -0.2) is 4.79 Å². The van der Waals surface area contributed by atoms with Gasteiger partial charge in [-0.05, 0) is 44.5 Å². The van der Waals surface area contributed by atoms with Crippen LogP contribution in [0.3, 0.4) is 0 Å². The molecular formula is C17H22F3N3O2. The first kappa shape index (κ1) is 17.8. The quantitative estimate of drug-likeness (QED) is 0.904. The molecule has 5 nitrogen and oxygen atoms in total. The van der Waals surface area contributed by atoms with Crippen LogP contribution in [0.15, 0.2) is 24.3 Å². The Morgan fingerprint density at radius 2 is 2.00 bits per heavy atom. The molecule has 2 saturated heterocycles. The van der Waals surface area contributed by atoms with Crippen molar-refractivity contribution < 1.29 is 22.7 Å². The minimum absolute atomic E-state index is 0.0182. The summed E-state index contributed by atoms with van der Waals surface area (Å²) in [5.41, 5.74) is 0.254. The predicted octanol–water partition coefficient (Wildman–Crippen LogP) is 3.19. The van der Waals surface area contributed by atoms with Crippen LogP contribution in [-0.4, -0.2) is 61.3 Å². The molecule has 2 atom stereocenters. The number of alkyl halides is 3. The highest BCUT2D eigenvalue weighted by Gasteiger charge is 2.40. The van der Waals surface area contributed by atoms with Gasteiger partial charge in [0.25, 0.3) is 0 Å². The lowest BCUT2D eigenvalue weighted by molar-refractivity contribution is -0.153. The molecule has 0 aliphatic carbocycles. The van der Waals surface area contributed by atoms with Gasteiger partial charge in [-0.2, -0.15) is 13.2 Å². The molecule has 0 radical (unpaired) electrons. The van der Waals surface area contributed by atoms with Crippen molar-refractivity contribution in [2.24, 2.45) is 5.92 Å². The second kappa shape index (κ2) is 7.11. The number of rotatable bonds is 3. The Morgan fingerprint density at radius 3 is 2.76 bits per heavy atom. The van der Waals surface area contributed by atoms with E-state index < -0.39 is 12.8 Å². The summed E-state index contributed by atoms with van der Waals surface area (Å²) in [4.78, 5) is 16.6. The maximum atomic E-state index is 12.6. The molecule has 138 valence electrons. The number of nitrogens with zero attached hydrogens (tertiary/aromatic N) is 2. The number of halogens is 3. The molecule has 2 aliphatic heterocycles. The van der Waals surface area contributed by atoms with Gasteiger partial charge in [0.1, 0.15) is 5.75 Å². The number of urea groups is 1. The molecule has 2 aliphatic rings. The van der Waals surface area contributed by atoms with Crippen molar-refractivity contribution in [2.75, 3.05) is 38.6 Å². The molecule has 1 N–H and O–H groups in total. The largest absolute Gasteiger partial charge is 0.482 e. The van der Waals surface area contributed by atoms with E-state index in [1.807, 2.05) is 7.05 Å². The maximum Gasteiger partial charge on any atom is 0.422 e. The van der Waals surface area contributed by atoms with Crippen LogP contribution in [0.5, 0.6) is 5.75 Å². The van der Waals surface area contributed by atoms with Gasteiger partial charge in [-0.3, -0.25) is 0 Å². The van der Waals surface area contributed by atoms with E-state index >= 15 is 0 Å². The van der Waals surface area contributed by atoms with Crippen LogP contribution >= 0.6 is 0 Å². The molecule has 25 heavy (non-hydrogen) atoms. The number of hydrogen-bond donors (Lipinski definition) is 1. The Kier molecular flexibility index (Phi) is 5.08. The van der Waals surface area contributed by atoms with Gasteiger partial charge in [0.05, 0.1) is 5.69 Å². The zero-order valence-corrected chi connectivity index (χ0v) is 14.1. The van der Waals surface area contributed by atoms with Crippen LogP contribution in [0.1, 0.15) is 12.8 Å². The van der Waals surface area contributed by atoms with Crippen LogP contribution in [0.4, 0.5) is 23.7 Å². The van der Waals surface area contributed by atoms with E-state index in [-0.39, 0.29) is 23.5 Å². The Balaban J connectivity index is 1.67. The van der Waals surface area contributed by atoms with Gasteiger partial charge in [0.15, 0.2) is 6.61 Å². The molecular weight excluding hydrogens is 335 g/mol. The van der Waals surface area contributed by atoms with Crippen molar-refractivity contribution in [3.05, 3.63) is 24.3 Å². The van der Waals surface area contributed by atoms with Crippen LogP contribution in [-0.2, 0) is 0 Å². The standard InChI is InChI=1S/C17H22F3N3O2/c1-22-8-6-12-7-9-23(14(12)10-22)16(24)21-13-4-2-3-5-15(13)25-11-17(18,19)20/h2-5,12,14H,6-11H2,1H3,(H,21,24)/t12-,14-/m1/s1. The summed E-state index contributed by atoms with van der Waals surface area (Å²) in [5.74, 6) is 0.517. The first-order chi connectivity index (χ1) is 11.8. The smallest absolute Gasteiger partial charge is 0.422 e. The molecule has 2 fully saturated rings. The van der Waals surface area contributed by atoms with Crippen molar-refractivity contribution in [3.63, 3.8) is 0 Å². The third-order valence-electron chi connectivity index (χ3n) is 4.85. The van der Waals surface area contributed by atoms with Gasteiger partial charge in [-0.1, -0.05) is 12.1 Å². The van der Waals surface area contributed by atoms with Gasteiger partial charge in [0, 0.05) is 19.1 Å². The lowest BCUT2D eigenvalue weighted by Crippen LogP contribution is -2.49. The maximum absolute atomic E-state index is 12.6. The molecule has 8 heteroatoms. The lowest BCUT2D eigenvalue weighted by atomic mass is 9.92. The molecule has 2 amide bonds. The fourth-order valence-corrected chi connectivity index (χ4v) is 3.59. The van der Waals surface area contributed by atoms with Crippen LogP contribution in [0.2, 0.25) is 0 Å². The number of para-hydroxylation sites is 2. The molecule has 3 rings (SSSR count). The highest BCUT2D eigenvalue weighted by atomic mass is 19.4. The van der Waals surface area contributed by atoms with E-state index in [4.69, 9.17) is 4.74 Å². The van der Waals surface area contributed by atoms with Gasteiger partial charge in [-0.15, -0.1) is 0 Å². The zero-order chi connectivity index (χ0) is 18.0. The van der Waals surface area contributed by atoms with E-state index in [9.17, 15) is 18.0 Å². The Labute approximate surface area is 144 Å². The van der Waals surface area contributed by atoms with E-state index in [0.717, 1.165) is 25.9 Å². The van der Waals surface area contributed by atoms with Crippen molar-refractivity contribution in [3.8, 4) is 5.75 Å². The van der Waals surface area contributed by atoms with E-state index in [1.54, 1.807) is 23.1 Å². The van der Waals surface area contributed by atoms with E-state index in [1.165, 1.54) is 6.07 Å². The first-order valence-corrected chi connectivity index (χ1v) is 8.38. The molecule has 0 bridgehead atoms. The fourth-order valence-electron chi connectivity index (χ4n) is 3.59. The van der Waals surface area contributed by atoms with Gasteiger partial charge in [0.2, 0.25) is 0 Å². The third kappa shape index (κ3) is 4.36. The fraction of sp³-hybridized carbons (Fsp3) is 0.588. The number of benzene rings is 1. The highest BCUT2D eigenvalue weighted by molar-refractivity contribution is 5.91. The predicted molar refractivity (Wildman–Crippen MR) is 87.7 cm³/mol. The number of piperidine rings is 1. The van der Waals surface area contributed by atoms with Crippen LogP contribution in [0, 0.1) is 5.92 Å². The average molecular weight is 357 g/mol. The number of likely N-dealkylation sites (N-methyl/N-ethyl adjacent to an activating group) is 1. The summed E-state index contributed by atoms with van der Waals surface area (Å²) in [6.07, 6.45) is -2.39. The minimum atomic E-state index is -4.42. The Morgan fingerprint density at radius 1 is 1.28 bits per heavy atom. The first-order valence-electron chi connectivity index (χ1n) is 8.38. The average Bonchev–Trinajstić information content (AvgIpc) is 2.96. The summed E-state index contributed by atoms with van der Waals surface area (Å²) in [6.45, 7) is 1.13. The summed E-state index contributed by atoms with van der Waals surface area (Å²) in [7, 11) is 2.03. The van der Waals surface area contributed by atoms with Crippen molar-refractivity contribution in [1.82, 2.24) is 9.80 Å². The topological polar surface area (TPSA) is 44.8 Å². The van der Waals surface area contributed by atoms with E-state index in [0.29, 0.717) is 12.5 Å². The molecule has 0 unspecified atom stereocenters. The number of carbonyl (C=O) groups is 1. The summed E-state index contributed by atoms with van der Waals surface area (Å²) in [6, 6.07) is 6.06. The number of fused-ring (bicyclic) bond motifs is 1. The lowest BCUT2D eigenvalue weighted by Gasteiger charge is -2.36. The van der Waals surface area contributed by atoms with Crippen LogP contribution < -0.4 is 10.1 Å². The van der Waals surface area contributed by atoms with Crippen molar-refractivity contribution >= 4 is 11.7 Å². The number of amides is 2. The molecule has 0 saturated carbocycles. The number of anilines is 1. The minimum Gasteiger partial charge on any atom is -0.482 e. The normalized spacial score (nSPS) is 24.1. The molecule has 1 aromatic carbocycles. The zero-order valence-electron chi connectivity index (χ0n) is 14.1. The monoisotopic (exact) mass is 357 g/mol. The second-order valence-corrected chi connectivity index (χ2v) is 6.69. The number of hydrogen-bond acceptors (Lipinski definition) is 3.